The highest BCUT2D eigenvalue weighted by molar-refractivity contribution is 6.31. The van der Waals surface area contributed by atoms with Crippen molar-refractivity contribution in [1.82, 2.24) is 10.2 Å². The molecule has 172 valence electrons. The van der Waals surface area contributed by atoms with E-state index in [-0.39, 0.29) is 11.8 Å². The monoisotopic (exact) mass is 464 g/mol. The number of benzene rings is 3. The van der Waals surface area contributed by atoms with E-state index in [2.05, 4.69) is 5.32 Å². The number of amides is 2. The molecule has 1 unspecified atom stereocenters. The molecule has 5 nitrogen and oxygen atoms in total. The summed E-state index contributed by atoms with van der Waals surface area (Å²) < 4.78 is 5.24. The van der Waals surface area contributed by atoms with Crippen LogP contribution in [0.25, 0.3) is 0 Å². The Labute approximate surface area is 200 Å². The summed E-state index contributed by atoms with van der Waals surface area (Å²) in [6.07, 6.45) is 0.719. The summed E-state index contributed by atoms with van der Waals surface area (Å²) in [5.74, 6) is 0.444. The van der Waals surface area contributed by atoms with Crippen molar-refractivity contribution in [3.8, 4) is 5.75 Å². The molecule has 0 spiro atoms. The topological polar surface area (TPSA) is 58.6 Å². The second kappa shape index (κ2) is 12.1. The quantitative estimate of drug-likeness (QED) is 0.458. The highest BCUT2D eigenvalue weighted by Gasteiger charge is 2.29. The Balaban J connectivity index is 1.86. The first-order chi connectivity index (χ1) is 16.0. The van der Waals surface area contributed by atoms with Gasteiger partial charge in [-0.15, -0.1) is 0 Å². The van der Waals surface area contributed by atoms with Gasteiger partial charge in [0.1, 0.15) is 11.8 Å². The molecule has 0 aliphatic carbocycles. The Hall–Kier alpha value is -3.31. The van der Waals surface area contributed by atoms with Crippen molar-refractivity contribution < 1.29 is 14.3 Å². The fourth-order valence-electron chi connectivity index (χ4n) is 3.63. The maximum absolute atomic E-state index is 13.4. The number of hydrogen-bond donors (Lipinski definition) is 1. The van der Waals surface area contributed by atoms with Crippen molar-refractivity contribution in [2.24, 2.45) is 0 Å². The maximum atomic E-state index is 13.4. The summed E-state index contributed by atoms with van der Waals surface area (Å²) in [5.41, 5.74) is 2.74. The van der Waals surface area contributed by atoms with Gasteiger partial charge in [-0.2, -0.15) is 0 Å². The number of rotatable bonds is 10. The van der Waals surface area contributed by atoms with Crippen LogP contribution in [0.1, 0.15) is 30.0 Å². The van der Waals surface area contributed by atoms with Gasteiger partial charge in [0.05, 0.1) is 7.11 Å². The molecule has 3 rings (SSSR count). The lowest BCUT2D eigenvalue weighted by Crippen LogP contribution is -2.50. The van der Waals surface area contributed by atoms with Crippen LogP contribution in [0.3, 0.4) is 0 Å². The van der Waals surface area contributed by atoms with E-state index >= 15 is 0 Å². The highest BCUT2D eigenvalue weighted by atomic mass is 35.5. The first kappa shape index (κ1) is 24.3. The van der Waals surface area contributed by atoms with Gasteiger partial charge in [0.15, 0.2) is 0 Å². The zero-order valence-electron chi connectivity index (χ0n) is 19.0. The molecule has 3 aromatic carbocycles. The number of carbonyl (C=O) groups excluding carboxylic acids is 2. The Morgan fingerprint density at radius 2 is 1.61 bits per heavy atom. The third-order valence-corrected chi connectivity index (χ3v) is 5.87. The molecule has 1 N–H and O–H groups in total. The van der Waals surface area contributed by atoms with E-state index in [0.717, 1.165) is 22.4 Å². The lowest BCUT2D eigenvalue weighted by Gasteiger charge is -2.31. The van der Waals surface area contributed by atoms with Crippen molar-refractivity contribution in [2.75, 3.05) is 7.11 Å². The van der Waals surface area contributed by atoms with E-state index in [4.69, 9.17) is 16.3 Å². The summed E-state index contributed by atoms with van der Waals surface area (Å²) in [6, 6.07) is 24.0. The summed E-state index contributed by atoms with van der Waals surface area (Å²) in [6.45, 7) is 2.43. The van der Waals surface area contributed by atoms with Crippen LogP contribution < -0.4 is 10.1 Å². The van der Waals surface area contributed by atoms with Crippen molar-refractivity contribution in [1.29, 1.82) is 0 Å². The van der Waals surface area contributed by atoms with E-state index in [9.17, 15) is 9.59 Å². The number of carbonyl (C=O) groups is 2. The van der Waals surface area contributed by atoms with Gasteiger partial charge in [-0.25, -0.2) is 0 Å². The average molecular weight is 465 g/mol. The van der Waals surface area contributed by atoms with Crippen LogP contribution in [0.15, 0.2) is 78.9 Å². The maximum Gasteiger partial charge on any atom is 0.243 e. The molecule has 0 aliphatic heterocycles. The van der Waals surface area contributed by atoms with Crippen LogP contribution in [0.4, 0.5) is 0 Å². The van der Waals surface area contributed by atoms with Crippen LogP contribution >= 0.6 is 11.6 Å². The molecule has 0 fully saturated rings. The standard InChI is InChI=1S/C27H29ClN2O3/c1-3-26(31)30(19-21-13-15-23(33-2)16-14-21)25(17-20-9-5-4-6-10-20)27(32)29-18-22-11-7-8-12-24(22)28/h4-16,25H,3,17-19H2,1-2H3,(H,29,32). The molecule has 0 saturated heterocycles. The van der Waals surface area contributed by atoms with Gasteiger partial charge in [-0.1, -0.05) is 79.2 Å². The second-order valence-electron chi connectivity index (χ2n) is 7.74. The van der Waals surface area contributed by atoms with E-state index in [1.54, 1.807) is 18.1 Å². The number of ether oxygens (including phenoxy) is 1. The average Bonchev–Trinajstić information content (AvgIpc) is 2.86. The van der Waals surface area contributed by atoms with Gasteiger partial charge in [0, 0.05) is 31.0 Å². The Bertz CT molecular complexity index is 1050. The Morgan fingerprint density at radius 3 is 2.24 bits per heavy atom. The minimum absolute atomic E-state index is 0.0837. The molecule has 0 saturated carbocycles. The number of methoxy groups -OCH3 is 1. The van der Waals surface area contributed by atoms with Gasteiger partial charge < -0.3 is 15.0 Å². The van der Waals surface area contributed by atoms with Gasteiger partial charge in [-0.3, -0.25) is 9.59 Å². The number of halogens is 1. The van der Waals surface area contributed by atoms with Gasteiger partial charge in [0.25, 0.3) is 0 Å². The van der Waals surface area contributed by atoms with Crippen molar-refractivity contribution in [3.63, 3.8) is 0 Å². The molecule has 0 heterocycles. The molecule has 1 atom stereocenters. The Morgan fingerprint density at radius 1 is 0.939 bits per heavy atom. The van der Waals surface area contributed by atoms with E-state index in [1.165, 1.54) is 0 Å². The molecule has 6 heteroatoms. The Kier molecular flexibility index (Phi) is 8.90. The first-order valence-electron chi connectivity index (χ1n) is 11.0. The third-order valence-electron chi connectivity index (χ3n) is 5.50. The molecule has 3 aromatic rings. The van der Waals surface area contributed by atoms with Gasteiger partial charge in [-0.05, 0) is 34.9 Å². The smallest absolute Gasteiger partial charge is 0.243 e. The predicted octanol–water partition coefficient (Wildman–Crippen LogP) is 5.01. The molecule has 2 amide bonds. The number of hydrogen-bond acceptors (Lipinski definition) is 3. The highest BCUT2D eigenvalue weighted by Crippen LogP contribution is 2.19. The fraction of sp³-hybridized carbons (Fsp3) is 0.259. The second-order valence-corrected chi connectivity index (χ2v) is 8.15. The predicted molar refractivity (Wildman–Crippen MR) is 131 cm³/mol. The first-order valence-corrected chi connectivity index (χ1v) is 11.4. The van der Waals surface area contributed by atoms with Crippen LogP contribution in [0.5, 0.6) is 5.75 Å². The summed E-state index contributed by atoms with van der Waals surface area (Å²) in [7, 11) is 1.61. The van der Waals surface area contributed by atoms with Crippen LogP contribution in [0.2, 0.25) is 5.02 Å². The van der Waals surface area contributed by atoms with Crippen molar-refractivity contribution in [3.05, 3.63) is 101 Å². The summed E-state index contributed by atoms with van der Waals surface area (Å²) >= 11 is 6.26. The third kappa shape index (κ3) is 6.83. The van der Waals surface area contributed by atoms with E-state index in [0.29, 0.717) is 31.0 Å². The van der Waals surface area contributed by atoms with Crippen LogP contribution in [-0.4, -0.2) is 29.9 Å². The van der Waals surface area contributed by atoms with E-state index in [1.807, 2.05) is 79.7 Å². The normalized spacial score (nSPS) is 11.5. The molecule has 0 aromatic heterocycles. The molecular formula is C27H29ClN2O3. The zero-order chi connectivity index (χ0) is 23.6. The minimum atomic E-state index is -0.663. The molecular weight excluding hydrogens is 436 g/mol. The van der Waals surface area contributed by atoms with Crippen molar-refractivity contribution in [2.45, 2.75) is 38.9 Å². The van der Waals surface area contributed by atoms with Crippen molar-refractivity contribution >= 4 is 23.4 Å². The molecule has 0 aliphatic rings. The SMILES string of the molecule is CCC(=O)N(Cc1ccc(OC)cc1)C(Cc1ccccc1)C(=O)NCc1ccccc1Cl. The summed E-state index contributed by atoms with van der Waals surface area (Å²) in [4.78, 5) is 28.1. The molecule has 0 bridgehead atoms. The lowest BCUT2D eigenvalue weighted by molar-refractivity contribution is -0.141. The lowest BCUT2D eigenvalue weighted by atomic mass is 10.0. The number of nitrogens with zero attached hydrogens (tertiary/aromatic N) is 1. The summed E-state index contributed by atoms with van der Waals surface area (Å²) in [5, 5.41) is 3.58. The van der Waals surface area contributed by atoms with Gasteiger partial charge >= 0.3 is 0 Å². The number of nitrogens with one attached hydrogen (secondary N) is 1. The minimum Gasteiger partial charge on any atom is -0.497 e. The fourth-order valence-corrected chi connectivity index (χ4v) is 3.83. The van der Waals surface area contributed by atoms with Gasteiger partial charge in [0.2, 0.25) is 11.8 Å². The molecule has 33 heavy (non-hydrogen) atoms. The van der Waals surface area contributed by atoms with E-state index < -0.39 is 6.04 Å². The molecule has 0 radical (unpaired) electrons. The largest absolute Gasteiger partial charge is 0.497 e. The van der Waals surface area contributed by atoms with Crippen LogP contribution in [0, 0.1) is 0 Å². The zero-order valence-corrected chi connectivity index (χ0v) is 19.7. The van der Waals surface area contributed by atoms with Crippen LogP contribution in [-0.2, 0) is 29.1 Å².